The minimum absolute atomic E-state index is 0.131. The number of hydrogen-bond acceptors (Lipinski definition) is 4. The Morgan fingerprint density at radius 1 is 1.45 bits per heavy atom. The highest BCUT2D eigenvalue weighted by atomic mass is 35.5. The number of carbonyl (C=O) groups is 1. The van der Waals surface area contributed by atoms with Gasteiger partial charge in [0, 0.05) is 18.7 Å². The van der Waals surface area contributed by atoms with Crippen LogP contribution in [0.4, 0.5) is 5.69 Å². The second-order valence-electron chi connectivity index (χ2n) is 4.69. The van der Waals surface area contributed by atoms with Crippen molar-refractivity contribution < 1.29 is 9.72 Å². The summed E-state index contributed by atoms with van der Waals surface area (Å²) in [6, 6.07) is 3.89. The summed E-state index contributed by atoms with van der Waals surface area (Å²) in [4.78, 5) is 22.2. The quantitative estimate of drug-likeness (QED) is 0.684. The fourth-order valence-corrected chi connectivity index (χ4v) is 3.49. The van der Waals surface area contributed by atoms with Gasteiger partial charge in [-0.1, -0.05) is 11.6 Å². The van der Waals surface area contributed by atoms with E-state index in [2.05, 4.69) is 5.32 Å². The number of nitrogens with one attached hydrogen (secondary N) is 1. The molecule has 0 saturated carbocycles. The first-order valence-electron chi connectivity index (χ1n) is 6.38. The standard InChI is InChI=1S/C13H15ClN2O3S/c14-12-2-1-10(16(18)19)7-11(12)13(17)15-8-9-3-5-20-6-4-9/h1-2,7,9H,3-6,8H2,(H,15,17). The van der Waals surface area contributed by atoms with Crippen LogP contribution in [0.1, 0.15) is 23.2 Å². The number of nitro benzene ring substituents is 1. The third kappa shape index (κ3) is 3.86. The number of thioether (sulfide) groups is 1. The van der Waals surface area contributed by atoms with Gasteiger partial charge in [-0.15, -0.1) is 0 Å². The van der Waals surface area contributed by atoms with E-state index in [1.54, 1.807) is 0 Å². The van der Waals surface area contributed by atoms with Gasteiger partial charge in [0.2, 0.25) is 0 Å². The van der Waals surface area contributed by atoms with Gasteiger partial charge >= 0.3 is 0 Å². The highest BCUT2D eigenvalue weighted by molar-refractivity contribution is 7.99. The predicted octanol–water partition coefficient (Wildman–Crippen LogP) is 3.12. The molecule has 1 amide bonds. The molecule has 0 radical (unpaired) electrons. The molecule has 5 nitrogen and oxygen atoms in total. The van der Waals surface area contributed by atoms with Crippen LogP contribution in [0.15, 0.2) is 18.2 Å². The summed E-state index contributed by atoms with van der Waals surface area (Å²) in [5.41, 5.74) is 0.0275. The third-order valence-corrected chi connectivity index (χ3v) is 4.68. The van der Waals surface area contributed by atoms with Gasteiger partial charge in [-0.2, -0.15) is 11.8 Å². The summed E-state index contributed by atoms with van der Waals surface area (Å²) in [5.74, 6) is 2.38. The number of amides is 1. The molecule has 0 aromatic heterocycles. The maximum absolute atomic E-state index is 12.1. The van der Waals surface area contributed by atoms with E-state index in [0.717, 1.165) is 24.3 Å². The van der Waals surface area contributed by atoms with Crippen molar-refractivity contribution >= 4 is 35.0 Å². The molecule has 20 heavy (non-hydrogen) atoms. The first-order valence-corrected chi connectivity index (χ1v) is 7.91. The average molecular weight is 315 g/mol. The molecule has 0 atom stereocenters. The van der Waals surface area contributed by atoms with Crippen molar-refractivity contribution in [3.63, 3.8) is 0 Å². The molecule has 0 unspecified atom stereocenters. The molecule has 1 N–H and O–H groups in total. The van der Waals surface area contributed by atoms with E-state index in [-0.39, 0.29) is 22.2 Å². The Morgan fingerprint density at radius 3 is 2.80 bits per heavy atom. The summed E-state index contributed by atoms with van der Waals surface area (Å²) in [5, 5.41) is 13.8. The molecular formula is C13H15ClN2O3S. The van der Waals surface area contributed by atoms with Crippen molar-refractivity contribution in [2.45, 2.75) is 12.8 Å². The van der Waals surface area contributed by atoms with Crippen LogP contribution >= 0.6 is 23.4 Å². The van der Waals surface area contributed by atoms with Crippen LogP contribution in [-0.4, -0.2) is 28.9 Å². The van der Waals surface area contributed by atoms with E-state index >= 15 is 0 Å². The molecule has 1 aromatic rings. The van der Waals surface area contributed by atoms with Gasteiger partial charge in [0.1, 0.15) is 0 Å². The van der Waals surface area contributed by atoms with Crippen molar-refractivity contribution in [1.82, 2.24) is 5.32 Å². The molecule has 108 valence electrons. The van der Waals surface area contributed by atoms with E-state index in [9.17, 15) is 14.9 Å². The summed E-state index contributed by atoms with van der Waals surface area (Å²) < 4.78 is 0. The fraction of sp³-hybridized carbons (Fsp3) is 0.462. The molecule has 1 aliphatic heterocycles. The largest absolute Gasteiger partial charge is 0.352 e. The summed E-state index contributed by atoms with van der Waals surface area (Å²) in [7, 11) is 0. The fourth-order valence-electron chi connectivity index (χ4n) is 2.08. The van der Waals surface area contributed by atoms with Crippen LogP contribution < -0.4 is 5.32 Å². The monoisotopic (exact) mass is 314 g/mol. The molecule has 1 aromatic carbocycles. The first-order chi connectivity index (χ1) is 9.58. The lowest BCUT2D eigenvalue weighted by atomic mass is 10.0. The van der Waals surface area contributed by atoms with E-state index in [1.807, 2.05) is 11.8 Å². The number of benzene rings is 1. The van der Waals surface area contributed by atoms with Crippen molar-refractivity contribution in [3.05, 3.63) is 38.9 Å². The van der Waals surface area contributed by atoms with Crippen molar-refractivity contribution in [3.8, 4) is 0 Å². The topological polar surface area (TPSA) is 72.2 Å². The number of nitrogens with zero attached hydrogens (tertiary/aromatic N) is 1. The average Bonchev–Trinajstić information content (AvgIpc) is 2.46. The van der Waals surface area contributed by atoms with Crippen LogP contribution in [0, 0.1) is 16.0 Å². The molecule has 1 fully saturated rings. The maximum Gasteiger partial charge on any atom is 0.270 e. The molecule has 1 heterocycles. The molecule has 0 aliphatic carbocycles. The third-order valence-electron chi connectivity index (χ3n) is 3.30. The zero-order valence-corrected chi connectivity index (χ0v) is 12.4. The maximum atomic E-state index is 12.1. The van der Waals surface area contributed by atoms with Gasteiger partial charge < -0.3 is 5.32 Å². The van der Waals surface area contributed by atoms with Crippen molar-refractivity contribution in [2.75, 3.05) is 18.1 Å². The minimum Gasteiger partial charge on any atom is -0.352 e. The molecule has 2 rings (SSSR count). The Balaban J connectivity index is 2.00. The SMILES string of the molecule is O=C(NCC1CCSCC1)c1cc([N+](=O)[O-])ccc1Cl. The van der Waals surface area contributed by atoms with Crippen LogP contribution in [0.3, 0.4) is 0 Å². The molecule has 7 heteroatoms. The summed E-state index contributed by atoms with van der Waals surface area (Å²) >= 11 is 7.86. The van der Waals surface area contributed by atoms with Gasteiger partial charge in [0.25, 0.3) is 11.6 Å². The molecule has 1 saturated heterocycles. The van der Waals surface area contributed by atoms with Crippen LogP contribution in [0.25, 0.3) is 0 Å². The van der Waals surface area contributed by atoms with Gasteiger partial charge in [0.15, 0.2) is 0 Å². The van der Waals surface area contributed by atoms with E-state index in [0.29, 0.717) is 12.5 Å². The lowest BCUT2D eigenvalue weighted by molar-refractivity contribution is -0.384. The Labute approximate surface area is 126 Å². The smallest absolute Gasteiger partial charge is 0.270 e. The minimum atomic E-state index is -0.536. The second kappa shape index (κ2) is 6.95. The normalized spacial score (nSPS) is 15.8. The predicted molar refractivity (Wildman–Crippen MR) is 80.5 cm³/mol. The number of halogens is 1. The Kier molecular flexibility index (Phi) is 5.25. The zero-order chi connectivity index (χ0) is 14.5. The number of non-ortho nitro benzene ring substituents is 1. The highest BCUT2D eigenvalue weighted by Crippen LogP contribution is 2.24. The van der Waals surface area contributed by atoms with Gasteiger partial charge in [0.05, 0.1) is 15.5 Å². The number of rotatable bonds is 4. The summed E-state index contributed by atoms with van der Waals surface area (Å²) in [6.07, 6.45) is 2.18. The van der Waals surface area contributed by atoms with Gasteiger partial charge in [-0.05, 0) is 36.3 Å². The molecule has 0 spiro atoms. The lowest BCUT2D eigenvalue weighted by Gasteiger charge is -2.21. The lowest BCUT2D eigenvalue weighted by Crippen LogP contribution is -2.31. The second-order valence-corrected chi connectivity index (χ2v) is 6.32. The van der Waals surface area contributed by atoms with Crippen LogP contribution in [0.2, 0.25) is 5.02 Å². The number of carbonyl (C=O) groups excluding carboxylic acids is 1. The first kappa shape index (κ1) is 15.1. The zero-order valence-electron chi connectivity index (χ0n) is 10.8. The van der Waals surface area contributed by atoms with Gasteiger partial charge in [-0.3, -0.25) is 14.9 Å². The van der Waals surface area contributed by atoms with Crippen molar-refractivity contribution in [1.29, 1.82) is 0 Å². The molecular weight excluding hydrogens is 300 g/mol. The number of hydrogen-bond donors (Lipinski definition) is 1. The number of nitro groups is 1. The van der Waals surface area contributed by atoms with Crippen LogP contribution in [0.5, 0.6) is 0 Å². The Hall–Kier alpha value is -1.27. The van der Waals surface area contributed by atoms with E-state index in [1.165, 1.54) is 18.2 Å². The highest BCUT2D eigenvalue weighted by Gasteiger charge is 2.18. The summed E-state index contributed by atoms with van der Waals surface area (Å²) in [6.45, 7) is 0.596. The van der Waals surface area contributed by atoms with Crippen molar-refractivity contribution in [2.24, 2.45) is 5.92 Å². The van der Waals surface area contributed by atoms with E-state index < -0.39 is 4.92 Å². The Morgan fingerprint density at radius 2 is 2.15 bits per heavy atom. The van der Waals surface area contributed by atoms with E-state index in [4.69, 9.17) is 11.6 Å². The molecule has 0 bridgehead atoms. The molecule has 1 aliphatic rings. The van der Waals surface area contributed by atoms with Gasteiger partial charge in [-0.25, -0.2) is 0 Å². The van der Waals surface area contributed by atoms with Crippen LogP contribution in [-0.2, 0) is 0 Å². The Bertz CT molecular complexity index is 518.